The Bertz CT molecular complexity index is 1020. The van der Waals surface area contributed by atoms with Gasteiger partial charge in [0.2, 0.25) is 0 Å². The summed E-state index contributed by atoms with van der Waals surface area (Å²) in [6, 6.07) is 8.87. The van der Waals surface area contributed by atoms with Crippen LogP contribution >= 0.6 is 11.3 Å². The highest BCUT2D eigenvalue weighted by molar-refractivity contribution is 7.17. The third kappa shape index (κ3) is 3.21. The number of nitriles is 1. The predicted octanol–water partition coefficient (Wildman–Crippen LogP) is 3.38. The second-order valence-electron chi connectivity index (χ2n) is 6.13. The van der Waals surface area contributed by atoms with Gasteiger partial charge in [0.25, 0.3) is 0 Å². The monoisotopic (exact) mass is 397 g/mol. The van der Waals surface area contributed by atoms with Gasteiger partial charge in [-0.1, -0.05) is 12.1 Å². The Morgan fingerprint density at radius 1 is 1.29 bits per heavy atom. The van der Waals surface area contributed by atoms with E-state index in [1.165, 1.54) is 18.4 Å². The summed E-state index contributed by atoms with van der Waals surface area (Å²) in [6.45, 7) is 3.76. The van der Waals surface area contributed by atoms with Gasteiger partial charge in [0.05, 0.1) is 30.5 Å². The molecule has 8 heteroatoms. The fourth-order valence-electron chi connectivity index (χ4n) is 3.26. The summed E-state index contributed by atoms with van der Waals surface area (Å²) in [6.07, 6.45) is 0. The van der Waals surface area contributed by atoms with Crippen molar-refractivity contribution in [2.75, 3.05) is 24.8 Å². The molecule has 3 N–H and O–H groups in total. The lowest BCUT2D eigenvalue weighted by molar-refractivity contribution is -0.138. The number of hydrogen-bond acceptors (Lipinski definition) is 8. The Kier molecular flexibility index (Phi) is 5.38. The van der Waals surface area contributed by atoms with Gasteiger partial charge in [-0.25, -0.2) is 9.59 Å². The number of methoxy groups -OCH3 is 1. The van der Waals surface area contributed by atoms with Crippen molar-refractivity contribution in [3.63, 3.8) is 0 Å². The number of carbonyl (C=O) groups excluding carboxylic acids is 2. The molecule has 144 valence electrons. The summed E-state index contributed by atoms with van der Waals surface area (Å²) in [7, 11) is 1.32. The summed E-state index contributed by atoms with van der Waals surface area (Å²) in [4.78, 5) is 24.8. The first-order valence-electron chi connectivity index (χ1n) is 8.58. The number of allylic oxidation sites excluding steroid dienone is 1. The number of nitrogens with one attached hydrogen (secondary N) is 1. The van der Waals surface area contributed by atoms with E-state index in [1.807, 2.05) is 0 Å². The van der Waals surface area contributed by atoms with Crippen molar-refractivity contribution < 1.29 is 19.1 Å². The zero-order valence-electron chi connectivity index (χ0n) is 15.7. The molecule has 7 nitrogen and oxygen atoms in total. The summed E-state index contributed by atoms with van der Waals surface area (Å²) < 4.78 is 9.99. The second kappa shape index (κ2) is 7.74. The van der Waals surface area contributed by atoms with Crippen LogP contribution < -0.4 is 11.1 Å². The lowest BCUT2D eigenvalue weighted by atomic mass is 9.81. The van der Waals surface area contributed by atoms with Crippen molar-refractivity contribution in [2.24, 2.45) is 0 Å². The summed E-state index contributed by atoms with van der Waals surface area (Å²) >= 11 is 1.25. The molecule has 0 aliphatic carbocycles. The minimum absolute atomic E-state index is 0.235. The summed E-state index contributed by atoms with van der Waals surface area (Å²) in [5.41, 5.74) is 9.47. The first kappa shape index (κ1) is 19.5. The molecule has 0 bridgehead atoms. The zero-order valence-corrected chi connectivity index (χ0v) is 16.5. The number of fused-ring (bicyclic) bond motifs is 1. The normalized spacial score (nSPS) is 15.3. The molecule has 0 amide bonds. The molecule has 3 rings (SSSR count). The average molecular weight is 397 g/mol. The molecule has 1 aromatic heterocycles. The van der Waals surface area contributed by atoms with Crippen LogP contribution in [0.2, 0.25) is 0 Å². The molecule has 1 aromatic carbocycles. The van der Waals surface area contributed by atoms with Crippen molar-refractivity contribution in [1.82, 2.24) is 0 Å². The van der Waals surface area contributed by atoms with Crippen LogP contribution in [-0.4, -0.2) is 25.7 Å². The minimum Gasteiger partial charge on any atom is -0.465 e. The number of hydrogen-bond donors (Lipinski definition) is 2. The Balaban J connectivity index is 2.18. The molecule has 1 aliphatic heterocycles. The highest BCUT2D eigenvalue weighted by atomic mass is 32.1. The van der Waals surface area contributed by atoms with Crippen LogP contribution in [0.5, 0.6) is 0 Å². The van der Waals surface area contributed by atoms with Crippen LogP contribution in [0.15, 0.2) is 35.5 Å². The van der Waals surface area contributed by atoms with E-state index in [2.05, 4.69) is 11.4 Å². The number of thiophene rings is 1. The van der Waals surface area contributed by atoms with Crippen LogP contribution in [-0.2, 0) is 14.3 Å². The SMILES string of the molecule is CCOC(=O)C1=C(C)Nc2sc(C#N)c(N)c2C1c1ccc(C(=O)OC)cc1. The van der Waals surface area contributed by atoms with E-state index in [-0.39, 0.29) is 6.61 Å². The van der Waals surface area contributed by atoms with Crippen molar-refractivity contribution in [1.29, 1.82) is 5.26 Å². The first-order chi connectivity index (χ1) is 13.4. The Labute approximate surface area is 166 Å². The summed E-state index contributed by atoms with van der Waals surface area (Å²) in [5.74, 6) is -1.42. The lowest BCUT2D eigenvalue weighted by Gasteiger charge is -2.28. The molecule has 2 heterocycles. The maximum atomic E-state index is 12.7. The fraction of sp³-hybridized carbons (Fsp3) is 0.250. The van der Waals surface area contributed by atoms with E-state index in [0.717, 1.165) is 10.6 Å². The van der Waals surface area contributed by atoms with E-state index in [0.29, 0.717) is 33.0 Å². The van der Waals surface area contributed by atoms with Crippen LogP contribution in [0, 0.1) is 11.3 Å². The largest absolute Gasteiger partial charge is 0.465 e. The highest BCUT2D eigenvalue weighted by Crippen LogP contribution is 2.49. The average Bonchev–Trinajstić information content (AvgIpc) is 3.01. The zero-order chi connectivity index (χ0) is 20.4. The number of carbonyl (C=O) groups is 2. The molecule has 0 saturated heterocycles. The maximum Gasteiger partial charge on any atom is 0.337 e. The predicted molar refractivity (Wildman–Crippen MR) is 106 cm³/mol. The third-order valence-electron chi connectivity index (χ3n) is 4.53. The van der Waals surface area contributed by atoms with Gasteiger partial charge in [-0.2, -0.15) is 5.26 Å². The smallest absolute Gasteiger partial charge is 0.337 e. The Morgan fingerprint density at radius 2 is 1.96 bits per heavy atom. The van der Waals surface area contributed by atoms with E-state index in [1.54, 1.807) is 38.1 Å². The third-order valence-corrected chi connectivity index (χ3v) is 5.57. The molecular formula is C20H19N3O4S. The Hall–Kier alpha value is -3.31. The lowest BCUT2D eigenvalue weighted by Crippen LogP contribution is -2.24. The van der Waals surface area contributed by atoms with Crippen molar-refractivity contribution in [3.8, 4) is 6.07 Å². The topological polar surface area (TPSA) is 114 Å². The van der Waals surface area contributed by atoms with Crippen LogP contribution in [0.1, 0.15) is 46.1 Å². The number of anilines is 2. The van der Waals surface area contributed by atoms with Gasteiger partial charge in [-0.15, -0.1) is 11.3 Å². The van der Waals surface area contributed by atoms with Gasteiger partial charge in [-0.3, -0.25) is 0 Å². The Morgan fingerprint density at radius 3 is 2.54 bits per heavy atom. The molecule has 0 radical (unpaired) electrons. The van der Waals surface area contributed by atoms with E-state index in [4.69, 9.17) is 15.2 Å². The van der Waals surface area contributed by atoms with E-state index >= 15 is 0 Å². The first-order valence-corrected chi connectivity index (χ1v) is 9.39. The molecule has 1 unspecified atom stereocenters. The quantitative estimate of drug-likeness (QED) is 0.760. The molecule has 1 aliphatic rings. The molecule has 2 aromatic rings. The summed E-state index contributed by atoms with van der Waals surface area (Å²) in [5, 5.41) is 13.3. The van der Waals surface area contributed by atoms with Gasteiger partial charge in [0.15, 0.2) is 0 Å². The maximum absolute atomic E-state index is 12.7. The molecule has 0 spiro atoms. The number of ether oxygens (including phenoxy) is 2. The van der Waals surface area contributed by atoms with Crippen molar-refractivity contribution >= 4 is 34.0 Å². The number of nitrogens with two attached hydrogens (primary N) is 1. The van der Waals surface area contributed by atoms with Crippen LogP contribution in [0.4, 0.5) is 10.7 Å². The van der Waals surface area contributed by atoms with Crippen LogP contribution in [0.3, 0.4) is 0 Å². The van der Waals surface area contributed by atoms with E-state index in [9.17, 15) is 14.9 Å². The van der Waals surface area contributed by atoms with Crippen molar-refractivity contribution in [3.05, 3.63) is 57.1 Å². The number of esters is 2. The molecular weight excluding hydrogens is 378 g/mol. The van der Waals surface area contributed by atoms with Crippen molar-refractivity contribution in [2.45, 2.75) is 19.8 Å². The number of rotatable bonds is 4. The second-order valence-corrected chi connectivity index (χ2v) is 7.15. The highest BCUT2D eigenvalue weighted by Gasteiger charge is 2.37. The van der Waals surface area contributed by atoms with Crippen LogP contribution in [0.25, 0.3) is 0 Å². The number of nitrogen functional groups attached to an aromatic ring is 1. The molecule has 1 atom stereocenters. The minimum atomic E-state index is -0.514. The van der Waals surface area contributed by atoms with Gasteiger partial charge in [0.1, 0.15) is 15.9 Å². The van der Waals surface area contributed by atoms with Gasteiger partial charge < -0.3 is 20.5 Å². The van der Waals surface area contributed by atoms with Gasteiger partial charge >= 0.3 is 11.9 Å². The van der Waals surface area contributed by atoms with E-state index < -0.39 is 17.9 Å². The molecule has 0 saturated carbocycles. The van der Waals surface area contributed by atoms with Gasteiger partial charge in [-0.05, 0) is 31.5 Å². The fourth-order valence-corrected chi connectivity index (χ4v) is 4.27. The molecule has 28 heavy (non-hydrogen) atoms. The number of nitrogens with zero attached hydrogens (tertiary/aromatic N) is 1. The molecule has 0 fully saturated rings. The standard InChI is InChI=1S/C20H19N3O4S/c1-4-27-20(25)14-10(2)23-18-16(17(22)13(9-21)28-18)15(14)11-5-7-12(8-6-11)19(24)26-3/h5-8,15,23H,4,22H2,1-3H3. The number of benzene rings is 1. The van der Waals surface area contributed by atoms with Gasteiger partial charge in [0, 0.05) is 17.2 Å².